The van der Waals surface area contributed by atoms with Crippen molar-refractivity contribution in [2.45, 2.75) is 25.9 Å². The number of para-hydroxylation sites is 2. The summed E-state index contributed by atoms with van der Waals surface area (Å²) in [6.07, 6.45) is 0.299. The lowest BCUT2D eigenvalue weighted by atomic mass is 10.1. The summed E-state index contributed by atoms with van der Waals surface area (Å²) in [6, 6.07) is 23.3. The molecule has 0 aliphatic rings. The van der Waals surface area contributed by atoms with Gasteiger partial charge >= 0.3 is 0 Å². The Morgan fingerprint density at radius 1 is 0.906 bits per heavy atom. The number of hydrogen-bond donors (Lipinski definition) is 1. The molecular formula is C26H27N3O3. The lowest BCUT2D eigenvalue weighted by Gasteiger charge is -2.17. The molecule has 1 atom stereocenters. The Bertz CT molecular complexity index is 1200. The monoisotopic (exact) mass is 429 g/mol. The minimum atomic E-state index is -0.244. The normalized spacial score (nSPS) is 11.8. The predicted molar refractivity (Wildman–Crippen MR) is 125 cm³/mol. The quantitative estimate of drug-likeness (QED) is 0.447. The molecule has 4 aromatic rings. The number of rotatable bonds is 8. The van der Waals surface area contributed by atoms with Gasteiger partial charge in [0.15, 0.2) is 0 Å². The number of hydrogen-bond acceptors (Lipinski definition) is 4. The predicted octanol–water partition coefficient (Wildman–Crippen LogP) is 4.52. The fourth-order valence-corrected chi connectivity index (χ4v) is 3.79. The maximum Gasteiger partial charge on any atom is 0.224 e. The molecular weight excluding hydrogens is 402 g/mol. The van der Waals surface area contributed by atoms with E-state index in [1.807, 2.05) is 73.7 Å². The van der Waals surface area contributed by atoms with Crippen molar-refractivity contribution in [3.63, 3.8) is 0 Å². The van der Waals surface area contributed by atoms with Crippen LogP contribution in [0.25, 0.3) is 11.0 Å². The topological polar surface area (TPSA) is 65.4 Å². The van der Waals surface area contributed by atoms with Crippen molar-refractivity contribution in [1.29, 1.82) is 0 Å². The Labute approximate surface area is 187 Å². The molecule has 0 spiro atoms. The highest BCUT2D eigenvalue weighted by atomic mass is 16.5. The van der Waals surface area contributed by atoms with Gasteiger partial charge in [0.1, 0.15) is 17.3 Å². The van der Waals surface area contributed by atoms with Crippen LogP contribution in [0.1, 0.15) is 29.9 Å². The van der Waals surface area contributed by atoms with E-state index in [1.54, 1.807) is 14.2 Å². The number of imidazole rings is 1. The fourth-order valence-electron chi connectivity index (χ4n) is 3.79. The van der Waals surface area contributed by atoms with Crippen molar-refractivity contribution in [2.24, 2.45) is 0 Å². The van der Waals surface area contributed by atoms with Crippen LogP contribution in [0.15, 0.2) is 72.8 Å². The van der Waals surface area contributed by atoms with E-state index in [-0.39, 0.29) is 11.9 Å². The largest absolute Gasteiger partial charge is 0.497 e. The summed E-state index contributed by atoms with van der Waals surface area (Å²) in [5.41, 5.74) is 4.01. The number of aromatic nitrogens is 2. The molecule has 0 aliphatic heterocycles. The summed E-state index contributed by atoms with van der Waals surface area (Å²) in [7, 11) is 3.29. The molecule has 0 saturated heterocycles. The molecule has 6 heteroatoms. The minimum Gasteiger partial charge on any atom is -0.497 e. The molecule has 1 heterocycles. The van der Waals surface area contributed by atoms with Crippen molar-refractivity contribution in [3.05, 3.63) is 89.7 Å². The van der Waals surface area contributed by atoms with Crippen LogP contribution in [0.2, 0.25) is 0 Å². The zero-order valence-electron chi connectivity index (χ0n) is 18.5. The number of fused-ring (bicyclic) bond motifs is 1. The Morgan fingerprint density at radius 3 is 2.12 bits per heavy atom. The van der Waals surface area contributed by atoms with Crippen molar-refractivity contribution in [2.75, 3.05) is 14.2 Å². The summed E-state index contributed by atoms with van der Waals surface area (Å²) >= 11 is 0. The van der Waals surface area contributed by atoms with Gasteiger partial charge in [0.25, 0.3) is 0 Å². The van der Waals surface area contributed by atoms with E-state index in [1.165, 1.54) is 0 Å². The first-order chi connectivity index (χ1) is 15.6. The third kappa shape index (κ3) is 4.75. The lowest BCUT2D eigenvalue weighted by Crippen LogP contribution is -2.30. The van der Waals surface area contributed by atoms with E-state index in [0.29, 0.717) is 13.0 Å². The van der Waals surface area contributed by atoms with E-state index in [9.17, 15) is 4.79 Å². The second-order valence-corrected chi connectivity index (χ2v) is 7.71. The highest BCUT2D eigenvalue weighted by Gasteiger charge is 2.19. The number of amides is 1. The lowest BCUT2D eigenvalue weighted by molar-refractivity contribution is -0.121. The molecule has 1 aromatic heterocycles. The molecule has 0 saturated carbocycles. The molecule has 0 radical (unpaired) electrons. The molecule has 4 rings (SSSR count). The number of carbonyl (C=O) groups excluding carboxylic acids is 1. The molecule has 164 valence electrons. The van der Waals surface area contributed by atoms with Gasteiger partial charge in [-0.15, -0.1) is 0 Å². The zero-order chi connectivity index (χ0) is 22.5. The third-order valence-electron chi connectivity index (χ3n) is 5.47. The number of benzene rings is 3. The van der Waals surface area contributed by atoms with Crippen LogP contribution in [0.5, 0.6) is 11.5 Å². The molecule has 1 N–H and O–H groups in total. The molecule has 0 aliphatic carbocycles. The van der Waals surface area contributed by atoms with Gasteiger partial charge in [0.2, 0.25) is 5.91 Å². The van der Waals surface area contributed by atoms with Crippen molar-refractivity contribution in [3.8, 4) is 11.5 Å². The van der Waals surface area contributed by atoms with Crippen LogP contribution < -0.4 is 14.8 Å². The smallest absolute Gasteiger partial charge is 0.224 e. The fraction of sp³-hybridized carbons (Fsp3) is 0.231. The van der Waals surface area contributed by atoms with Crippen LogP contribution in [0.3, 0.4) is 0 Å². The minimum absolute atomic E-state index is 0.0503. The van der Waals surface area contributed by atoms with E-state index in [4.69, 9.17) is 14.5 Å². The number of carbonyl (C=O) groups is 1. The average Bonchev–Trinajstić information content (AvgIpc) is 3.18. The molecule has 1 unspecified atom stereocenters. The SMILES string of the molecule is COc1ccc(CC(=O)NC(C)c2nc3ccccc3n2Cc2ccc(OC)cc2)cc1. The summed E-state index contributed by atoms with van der Waals surface area (Å²) in [6.45, 7) is 2.62. The Morgan fingerprint density at radius 2 is 1.50 bits per heavy atom. The second kappa shape index (κ2) is 9.56. The van der Waals surface area contributed by atoms with E-state index in [2.05, 4.69) is 16.0 Å². The summed E-state index contributed by atoms with van der Waals surface area (Å²) in [5.74, 6) is 2.37. The van der Waals surface area contributed by atoms with Gasteiger partial charge in [-0.1, -0.05) is 36.4 Å². The van der Waals surface area contributed by atoms with Gasteiger partial charge in [0, 0.05) is 6.54 Å². The maximum atomic E-state index is 12.7. The van der Waals surface area contributed by atoms with Gasteiger partial charge in [0.05, 0.1) is 37.7 Å². The molecule has 6 nitrogen and oxygen atoms in total. The number of ether oxygens (including phenoxy) is 2. The first-order valence-corrected chi connectivity index (χ1v) is 10.6. The zero-order valence-corrected chi connectivity index (χ0v) is 18.5. The van der Waals surface area contributed by atoms with Gasteiger partial charge in [-0.25, -0.2) is 4.98 Å². The van der Waals surface area contributed by atoms with E-state index < -0.39 is 0 Å². The second-order valence-electron chi connectivity index (χ2n) is 7.71. The highest BCUT2D eigenvalue weighted by Crippen LogP contribution is 2.23. The van der Waals surface area contributed by atoms with Crippen molar-refractivity contribution >= 4 is 16.9 Å². The van der Waals surface area contributed by atoms with Gasteiger partial charge in [-0.3, -0.25) is 4.79 Å². The first-order valence-electron chi connectivity index (χ1n) is 10.6. The standard InChI is InChI=1S/C26H27N3O3/c1-18(27-25(30)16-19-8-12-21(31-2)13-9-19)26-28-23-6-4-5-7-24(23)29(26)17-20-10-14-22(32-3)15-11-20/h4-15,18H,16-17H2,1-3H3,(H,27,30). The summed E-state index contributed by atoms with van der Waals surface area (Å²) in [5, 5.41) is 3.11. The number of nitrogens with one attached hydrogen (secondary N) is 1. The third-order valence-corrected chi connectivity index (χ3v) is 5.47. The number of methoxy groups -OCH3 is 2. The van der Waals surface area contributed by atoms with Crippen LogP contribution in [-0.4, -0.2) is 29.7 Å². The van der Waals surface area contributed by atoms with Crippen molar-refractivity contribution in [1.82, 2.24) is 14.9 Å². The van der Waals surface area contributed by atoms with Crippen LogP contribution in [0, 0.1) is 0 Å². The van der Waals surface area contributed by atoms with Gasteiger partial charge in [-0.2, -0.15) is 0 Å². The molecule has 32 heavy (non-hydrogen) atoms. The van der Waals surface area contributed by atoms with E-state index in [0.717, 1.165) is 39.5 Å². The summed E-state index contributed by atoms with van der Waals surface area (Å²) < 4.78 is 12.6. The molecule has 1 amide bonds. The Hall–Kier alpha value is -3.80. The highest BCUT2D eigenvalue weighted by molar-refractivity contribution is 5.80. The van der Waals surface area contributed by atoms with E-state index >= 15 is 0 Å². The Kier molecular flexibility index (Phi) is 6.40. The number of nitrogens with zero attached hydrogens (tertiary/aromatic N) is 2. The van der Waals surface area contributed by atoms with Crippen LogP contribution in [0.4, 0.5) is 0 Å². The van der Waals surface area contributed by atoms with Gasteiger partial charge < -0.3 is 19.4 Å². The molecule has 3 aromatic carbocycles. The molecule has 0 fully saturated rings. The Balaban J connectivity index is 1.55. The molecule has 0 bridgehead atoms. The van der Waals surface area contributed by atoms with Crippen molar-refractivity contribution < 1.29 is 14.3 Å². The first kappa shape index (κ1) is 21.4. The van der Waals surface area contributed by atoms with Gasteiger partial charge in [-0.05, 0) is 54.4 Å². The summed E-state index contributed by atoms with van der Waals surface area (Å²) in [4.78, 5) is 17.5. The average molecular weight is 430 g/mol. The van der Waals surface area contributed by atoms with Crippen LogP contribution >= 0.6 is 0 Å². The van der Waals surface area contributed by atoms with Crippen LogP contribution in [-0.2, 0) is 17.8 Å². The maximum absolute atomic E-state index is 12.7.